The van der Waals surface area contributed by atoms with Crippen molar-refractivity contribution in [2.24, 2.45) is 5.92 Å². The van der Waals surface area contributed by atoms with Crippen LogP contribution in [0.25, 0.3) is 0 Å². The molecule has 2 nitrogen and oxygen atoms in total. The van der Waals surface area contributed by atoms with Crippen LogP contribution in [0.4, 0.5) is 0 Å². The molecule has 2 aliphatic rings. The molecule has 1 aliphatic heterocycles. The second kappa shape index (κ2) is 5.65. The highest BCUT2D eigenvalue weighted by atomic mass is 16.3. The van der Waals surface area contributed by atoms with E-state index in [0.29, 0.717) is 0 Å². The summed E-state index contributed by atoms with van der Waals surface area (Å²) in [5.74, 6) is 0.728. The van der Waals surface area contributed by atoms with Crippen molar-refractivity contribution in [3.63, 3.8) is 0 Å². The normalized spacial score (nSPS) is 33.6. The molecule has 0 aromatic rings. The van der Waals surface area contributed by atoms with Gasteiger partial charge in [-0.2, -0.15) is 0 Å². The fraction of sp³-hybridized carbons (Fsp3) is 0.600. The van der Waals surface area contributed by atoms with E-state index in [0.717, 1.165) is 24.5 Å². The van der Waals surface area contributed by atoms with Gasteiger partial charge < -0.3 is 10.4 Å². The first-order valence-corrected chi connectivity index (χ1v) is 6.68. The quantitative estimate of drug-likeness (QED) is 0.768. The van der Waals surface area contributed by atoms with Gasteiger partial charge in [0, 0.05) is 6.04 Å². The Morgan fingerprint density at radius 3 is 2.94 bits per heavy atom. The molecule has 2 heteroatoms. The van der Waals surface area contributed by atoms with Crippen LogP contribution in [-0.4, -0.2) is 23.8 Å². The molecule has 1 aliphatic carbocycles. The Balaban J connectivity index is 2.00. The van der Waals surface area contributed by atoms with Gasteiger partial charge in [0.15, 0.2) is 0 Å². The molecule has 1 heterocycles. The molecule has 0 aromatic heterocycles. The van der Waals surface area contributed by atoms with Crippen molar-refractivity contribution in [3.8, 4) is 0 Å². The average molecular weight is 233 g/mol. The van der Waals surface area contributed by atoms with E-state index >= 15 is 0 Å². The summed E-state index contributed by atoms with van der Waals surface area (Å²) < 4.78 is 0. The van der Waals surface area contributed by atoms with E-state index in [1.807, 2.05) is 13.0 Å². The van der Waals surface area contributed by atoms with Gasteiger partial charge in [0.25, 0.3) is 0 Å². The maximum absolute atomic E-state index is 10.4. The number of aliphatic hydroxyl groups is 1. The first-order valence-electron chi connectivity index (χ1n) is 6.68. The van der Waals surface area contributed by atoms with E-state index in [-0.39, 0.29) is 12.1 Å². The largest absolute Gasteiger partial charge is 0.387 e. The predicted molar refractivity (Wildman–Crippen MR) is 71.8 cm³/mol. The third-order valence-electron chi connectivity index (χ3n) is 3.80. The highest BCUT2D eigenvalue weighted by Gasteiger charge is 2.25. The molecule has 0 saturated carbocycles. The first-order chi connectivity index (χ1) is 8.20. The minimum Gasteiger partial charge on any atom is -0.387 e. The summed E-state index contributed by atoms with van der Waals surface area (Å²) in [6, 6.07) is 0.215. The molecule has 0 amide bonds. The molecule has 2 N–H and O–H groups in total. The van der Waals surface area contributed by atoms with Crippen LogP contribution in [0.1, 0.15) is 33.1 Å². The Bertz CT molecular complexity index is 354. The lowest BCUT2D eigenvalue weighted by molar-refractivity contribution is 0.161. The number of hydrogen-bond donors (Lipinski definition) is 2. The van der Waals surface area contributed by atoms with Gasteiger partial charge >= 0.3 is 0 Å². The Kier molecular flexibility index (Phi) is 4.19. The Morgan fingerprint density at radius 1 is 1.41 bits per heavy atom. The summed E-state index contributed by atoms with van der Waals surface area (Å²) in [6.45, 7) is 5.32. The molecule has 0 radical (unpaired) electrons. The lowest BCUT2D eigenvalue weighted by atomic mass is 9.98. The van der Waals surface area contributed by atoms with E-state index in [4.69, 9.17) is 0 Å². The molecule has 0 bridgehead atoms. The van der Waals surface area contributed by atoms with E-state index in [9.17, 15) is 5.11 Å². The molecule has 17 heavy (non-hydrogen) atoms. The zero-order chi connectivity index (χ0) is 12.3. The van der Waals surface area contributed by atoms with Crippen LogP contribution < -0.4 is 5.32 Å². The summed E-state index contributed by atoms with van der Waals surface area (Å²) in [7, 11) is 0. The van der Waals surface area contributed by atoms with Gasteiger partial charge in [0.1, 0.15) is 0 Å². The van der Waals surface area contributed by atoms with Gasteiger partial charge in [-0.25, -0.2) is 0 Å². The zero-order valence-electron chi connectivity index (χ0n) is 10.8. The number of allylic oxidation sites excluding steroid dienone is 4. The van der Waals surface area contributed by atoms with E-state index in [1.54, 1.807) is 0 Å². The van der Waals surface area contributed by atoms with Gasteiger partial charge in [-0.05, 0) is 49.5 Å². The molecule has 0 aromatic carbocycles. The molecule has 3 atom stereocenters. The minimum absolute atomic E-state index is 0.215. The SMILES string of the molecule is C/C=C1/C=CC(C(O)C2CCCC(C)CN2)=C1. The monoisotopic (exact) mass is 233 g/mol. The molecular weight excluding hydrogens is 210 g/mol. The number of nitrogens with one attached hydrogen (secondary N) is 1. The standard InChI is InChI=1S/C15H23NO/c1-3-12-7-8-13(9-12)15(17)14-6-4-5-11(2)10-16-14/h3,7-9,11,14-17H,4-6,10H2,1-2H3/b12-3-. The van der Waals surface area contributed by atoms with E-state index in [2.05, 4.69) is 30.5 Å². The van der Waals surface area contributed by atoms with Gasteiger partial charge in [-0.15, -0.1) is 0 Å². The van der Waals surface area contributed by atoms with Crippen LogP contribution in [0, 0.1) is 5.92 Å². The summed E-state index contributed by atoms with van der Waals surface area (Å²) in [4.78, 5) is 0. The maximum Gasteiger partial charge on any atom is 0.0943 e. The lowest BCUT2D eigenvalue weighted by Gasteiger charge is -2.23. The number of aliphatic hydroxyl groups excluding tert-OH is 1. The summed E-state index contributed by atoms with van der Waals surface area (Å²) in [6.07, 6.45) is 11.4. The van der Waals surface area contributed by atoms with Crippen LogP contribution in [0.2, 0.25) is 0 Å². The van der Waals surface area contributed by atoms with Crippen molar-refractivity contribution in [3.05, 3.63) is 35.5 Å². The second-order valence-corrected chi connectivity index (χ2v) is 5.26. The molecule has 1 fully saturated rings. The summed E-state index contributed by atoms with van der Waals surface area (Å²) in [5.41, 5.74) is 2.24. The zero-order valence-corrected chi connectivity index (χ0v) is 10.8. The molecule has 94 valence electrons. The third-order valence-corrected chi connectivity index (χ3v) is 3.80. The molecule has 2 rings (SSSR count). The van der Waals surface area contributed by atoms with Crippen molar-refractivity contribution < 1.29 is 5.11 Å². The van der Waals surface area contributed by atoms with Crippen molar-refractivity contribution in [2.45, 2.75) is 45.3 Å². The van der Waals surface area contributed by atoms with Gasteiger partial charge in [0.05, 0.1) is 6.10 Å². The Morgan fingerprint density at radius 2 is 2.24 bits per heavy atom. The van der Waals surface area contributed by atoms with E-state index in [1.165, 1.54) is 18.4 Å². The van der Waals surface area contributed by atoms with Crippen molar-refractivity contribution in [2.75, 3.05) is 6.54 Å². The third kappa shape index (κ3) is 3.08. The number of hydrogen-bond acceptors (Lipinski definition) is 2. The van der Waals surface area contributed by atoms with Crippen LogP contribution in [0.15, 0.2) is 35.5 Å². The summed E-state index contributed by atoms with van der Waals surface area (Å²) >= 11 is 0. The van der Waals surface area contributed by atoms with Crippen molar-refractivity contribution in [1.29, 1.82) is 0 Å². The van der Waals surface area contributed by atoms with Gasteiger partial charge in [-0.3, -0.25) is 0 Å². The number of rotatable bonds is 2. The fourth-order valence-corrected chi connectivity index (χ4v) is 2.59. The van der Waals surface area contributed by atoms with Gasteiger partial charge in [0.2, 0.25) is 0 Å². The predicted octanol–water partition coefficient (Wildman–Crippen LogP) is 2.57. The fourth-order valence-electron chi connectivity index (χ4n) is 2.59. The maximum atomic E-state index is 10.4. The van der Waals surface area contributed by atoms with Gasteiger partial charge in [-0.1, -0.05) is 31.6 Å². The lowest BCUT2D eigenvalue weighted by Crippen LogP contribution is -2.40. The molecular formula is C15H23NO. The molecule has 0 spiro atoms. The Labute approximate surface area is 104 Å². The molecule has 3 unspecified atom stereocenters. The van der Waals surface area contributed by atoms with Crippen molar-refractivity contribution in [1.82, 2.24) is 5.32 Å². The Hall–Kier alpha value is -0.860. The van der Waals surface area contributed by atoms with Crippen LogP contribution in [0.5, 0.6) is 0 Å². The highest BCUT2D eigenvalue weighted by molar-refractivity contribution is 5.47. The van der Waals surface area contributed by atoms with Crippen LogP contribution >= 0.6 is 0 Å². The summed E-state index contributed by atoms with van der Waals surface area (Å²) in [5, 5.41) is 13.9. The second-order valence-electron chi connectivity index (χ2n) is 5.26. The van der Waals surface area contributed by atoms with Crippen LogP contribution in [0.3, 0.4) is 0 Å². The average Bonchev–Trinajstić information content (AvgIpc) is 2.71. The van der Waals surface area contributed by atoms with E-state index < -0.39 is 0 Å². The minimum atomic E-state index is -0.367. The van der Waals surface area contributed by atoms with Crippen LogP contribution in [-0.2, 0) is 0 Å². The smallest absolute Gasteiger partial charge is 0.0943 e. The molecule has 1 saturated heterocycles. The topological polar surface area (TPSA) is 32.3 Å². The first kappa shape index (κ1) is 12.6. The highest BCUT2D eigenvalue weighted by Crippen LogP contribution is 2.23. The van der Waals surface area contributed by atoms with Crippen molar-refractivity contribution >= 4 is 0 Å².